The van der Waals surface area contributed by atoms with Crippen molar-refractivity contribution in [1.29, 1.82) is 0 Å². The van der Waals surface area contributed by atoms with Gasteiger partial charge in [0.25, 0.3) is 5.56 Å². The summed E-state index contributed by atoms with van der Waals surface area (Å²) in [6.07, 6.45) is 2.34. The van der Waals surface area contributed by atoms with Crippen molar-refractivity contribution in [3.8, 4) is 0 Å². The van der Waals surface area contributed by atoms with Gasteiger partial charge in [0.1, 0.15) is 0 Å². The Kier molecular flexibility index (Phi) is 2.48. The maximum Gasteiger partial charge on any atom is 0.272 e. The fourth-order valence-electron chi connectivity index (χ4n) is 2.46. The van der Waals surface area contributed by atoms with E-state index in [9.17, 15) is 4.79 Å². The molecule has 0 amide bonds. The minimum atomic E-state index is -0.0393. The van der Waals surface area contributed by atoms with Gasteiger partial charge in [-0.15, -0.1) is 0 Å². The van der Waals surface area contributed by atoms with Crippen molar-refractivity contribution in [3.05, 3.63) is 33.9 Å². The summed E-state index contributed by atoms with van der Waals surface area (Å²) in [7, 11) is 0. The molecule has 5 heteroatoms. The van der Waals surface area contributed by atoms with Gasteiger partial charge in [0.15, 0.2) is 5.65 Å². The fourth-order valence-corrected chi connectivity index (χ4v) is 2.46. The van der Waals surface area contributed by atoms with Crippen LogP contribution >= 0.6 is 0 Å². The van der Waals surface area contributed by atoms with E-state index < -0.39 is 0 Å². The Bertz CT molecular complexity index is 592. The average Bonchev–Trinajstić information content (AvgIpc) is 2.74. The van der Waals surface area contributed by atoms with E-state index in [-0.39, 0.29) is 5.56 Å². The van der Waals surface area contributed by atoms with Crippen LogP contribution in [0.3, 0.4) is 0 Å². The van der Waals surface area contributed by atoms with Crippen LogP contribution < -0.4 is 10.9 Å². The highest BCUT2D eigenvalue weighted by Gasteiger charge is 2.17. The number of H-pyrrole nitrogens is 1. The molecule has 0 saturated carbocycles. The Labute approximate surface area is 98.9 Å². The molecule has 1 aliphatic rings. The van der Waals surface area contributed by atoms with Gasteiger partial charge in [-0.25, -0.2) is 9.50 Å². The molecule has 90 valence electrons. The molecule has 0 aliphatic carbocycles. The number of hydrogen-bond acceptors (Lipinski definition) is 3. The lowest BCUT2D eigenvalue weighted by Gasteiger charge is -2.21. The van der Waals surface area contributed by atoms with Crippen LogP contribution in [0.1, 0.15) is 30.1 Å². The van der Waals surface area contributed by atoms with E-state index in [1.54, 1.807) is 6.07 Å². The van der Waals surface area contributed by atoms with Crippen LogP contribution in [-0.4, -0.2) is 27.7 Å². The second-order valence-electron chi connectivity index (χ2n) is 4.68. The van der Waals surface area contributed by atoms with E-state index in [0.29, 0.717) is 5.92 Å². The highest BCUT2D eigenvalue weighted by atomic mass is 16.1. The minimum Gasteiger partial charge on any atom is -0.316 e. The van der Waals surface area contributed by atoms with E-state index in [1.807, 2.05) is 13.0 Å². The molecule has 5 nitrogen and oxygen atoms in total. The molecular weight excluding hydrogens is 216 g/mol. The second kappa shape index (κ2) is 4.00. The summed E-state index contributed by atoms with van der Waals surface area (Å²) in [5.41, 5.74) is 2.55. The molecule has 2 aromatic rings. The van der Waals surface area contributed by atoms with Crippen LogP contribution in [0.25, 0.3) is 5.65 Å². The maximum absolute atomic E-state index is 11.8. The van der Waals surface area contributed by atoms with Crippen molar-refractivity contribution < 1.29 is 0 Å². The maximum atomic E-state index is 11.8. The Hall–Kier alpha value is -1.62. The number of nitrogens with zero attached hydrogens (tertiary/aromatic N) is 2. The molecule has 1 aliphatic heterocycles. The zero-order valence-electron chi connectivity index (χ0n) is 9.86. The zero-order chi connectivity index (χ0) is 11.8. The van der Waals surface area contributed by atoms with Crippen molar-refractivity contribution >= 4 is 5.65 Å². The van der Waals surface area contributed by atoms with Gasteiger partial charge in [0.05, 0.1) is 0 Å². The second-order valence-corrected chi connectivity index (χ2v) is 4.68. The lowest BCUT2D eigenvalue weighted by molar-refractivity contribution is 0.453. The molecule has 0 spiro atoms. The summed E-state index contributed by atoms with van der Waals surface area (Å²) < 4.78 is 1.52. The van der Waals surface area contributed by atoms with Crippen LogP contribution in [0.15, 0.2) is 16.9 Å². The number of hydrogen-bond donors (Lipinski definition) is 2. The highest BCUT2D eigenvalue weighted by Crippen LogP contribution is 2.22. The van der Waals surface area contributed by atoms with Crippen LogP contribution in [-0.2, 0) is 0 Å². The molecule has 2 aromatic heterocycles. The van der Waals surface area contributed by atoms with Crippen LogP contribution in [0.2, 0.25) is 0 Å². The van der Waals surface area contributed by atoms with E-state index in [2.05, 4.69) is 15.4 Å². The van der Waals surface area contributed by atoms with Crippen molar-refractivity contribution in [2.24, 2.45) is 0 Å². The van der Waals surface area contributed by atoms with Crippen molar-refractivity contribution in [2.45, 2.75) is 25.7 Å². The monoisotopic (exact) mass is 232 g/mol. The van der Waals surface area contributed by atoms with E-state index >= 15 is 0 Å². The number of nitrogens with one attached hydrogen (secondary N) is 2. The summed E-state index contributed by atoms with van der Waals surface area (Å²) >= 11 is 0. The first-order valence-corrected chi connectivity index (χ1v) is 6.04. The van der Waals surface area contributed by atoms with Gasteiger partial charge in [-0.05, 0) is 26.3 Å². The molecule has 1 atom stereocenters. The van der Waals surface area contributed by atoms with Gasteiger partial charge in [-0.3, -0.25) is 9.89 Å². The molecule has 0 aromatic carbocycles. The number of piperidine rings is 1. The lowest BCUT2D eigenvalue weighted by Crippen LogP contribution is -2.28. The quantitative estimate of drug-likeness (QED) is 0.764. The average molecular weight is 232 g/mol. The summed E-state index contributed by atoms with van der Waals surface area (Å²) in [5, 5.41) is 6.54. The van der Waals surface area contributed by atoms with Gasteiger partial charge in [-0.1, -0.05) is 0 Å². The largest absolute Gasteiger partial charge is 0.316 e. The fraction of sp³-hybridized carbons (Fsp3) is 0.500. The molecule has 0 unspecified atom stereocenters. The van der Waals surface area contributed by atoms with Crippen molar-refractivity contribution in [3.63, 3.8) is 0 Å². The Balaban J connectivity index is 2.06. The topological polar surface area (TPSA) is 62.2 Å². The van der Waals surface area contributed by atoms with E-state index in [1.165, 1.54) is 10.9 Å². The molecule has 1 saturated heterocycles. The molecule has 1 fully saturated rings. The first-order valence-electron chi connectivity index (χ1n) is 6.04. The Morgan fingerprint density at radius 3 is 3.12 bits per heavy atom. The first kappa shape index (κ1) is 10.5. The molecule has 0 bridgehead atoms. The van der Waals surface area contributed by atoms with Crippen molar-refractivity contribution in [1.82, 2.24) is 19.9 Å². The lowest BCUT2D eigenvalue weighted by atomic mass is 9.96. The van der Waals surface area contributed by atoms with Gasteiger partial charge in [-0.2, -0.15) is 0 Å². The number of aromatic nitrogens is 3. The number of aromatic amines is 1. The third-order valence-corrected chi connectivity index (χ3v) is 3.33. The Morgan fingerprint density at radius 2 is 2.35 bits per heavy atom. The highest BCUT2D eigenvalue weighted by molar-refractivity contribution is 5.40. The third-order valence-electron chi connectivity index (χ3n) is 3.33. The molecule has 3 rings (SSSR count). The van der Waals surface area contributed by atoms with Gasteiger partial charge in [0, 0.05) is 36.0 Å². The summed E-state index contributed by atoms with van der Waals surface area (Å²) in [6.45, 7) is 3.91. The summed E-state index contributed by atoms with van der Waals surface area (Å²) in [4.78, 5) is 16.1. The predicted octanol–water partition coefficient (Wildman–Crippen LogP) is 0.798. The van der Waals surface area contributed by atoms with Gasteiger partial charge < -0.3 is 5.32 Å². The van der Waals surface area contributed by atoms with Gasteiger partial charge in [0.2, 0.25) is 0 Å². The molecular formula is C12H16N4O. The smallest absolute Gasteiger partial charge is 0.272 e. The molecule has 17 heavy (non-hydrogen) atoms. The number of fused-ring (bicyclic) bond motifs is 1. The van der Waals surface area contributed by atoms with Crippen LogP contribution in [0.5, 0.6) is 0 Å². The summed E-state index contributed by atoms with van der Waals surface area (Å²) in [5.74, 6) is 0.463. The van der Waals surface area contributed by atoms with Crippen LogP contribution in [0.4, 0.5) is 0 Å². The van der Waals surface area contributed by atoms with Crippen molar-refractivity contribution in [2.75, 3.05) is 13.1 Å². The van der Waals surface area contributed by atoms with E-state index in [0.717, 1.165) is 36.5 Å². The zero-order valence-corrected chi connectivity index (χ0v) is 9.86. The van der Waals surface area contributed by atoms with Crippen LogP contribution in [0, 0.1) is 6.92 Å². The first-order chi connectivity index (χ1) is 8.24. The Morgan fingerprint density at radius 1 is 1.47 bits per heavy atom. The normalized spacial score (nSPS) is 20.9. The summed E-state index contributed by atoms with van der Waals surface area (Å²) in [6, 6.07) is 3.54. The third kappa shape index (κ3) is 1.86. The number of aryl methyl sites for hydroxylation is 1. The predicted molar refractivity (Wildman–Crippen MR) is 65.4 cm³/mol. The molecule has 2 N–H and O–H groups in total. The molecule has 0 radical (unpaired) electrons. The van der Waals surface area contributed by atoms with Gasteiger partial charge >= 0.3 is 0 Å². The van der Waals surface area contributed by atoms with E-state index in [4.69, 9.17) is 0 Å². The number of rotatable bonds is 1. The SMILES string of the molecule is Cc1cc(=O)n2[nH]c([C@@H]3CCCNC3)cc2n1. The molecule has 3 heterocycles. The standard InChI is InChI=1S/C12H16N4O/c1-8-5-12(17)16-11(14-8)6-10(15-16)9-3-2-4-13-7-9/h5-6,9,13,15H,2-4,7H2,1H3/t9-/m1/s1. The minimum absolute atomic E-state index is 0.0393.